The molecule has 1 saturated carbocycles. The van der Waals surface area contributed by atoms with Crippen LogP contribution in [0, 0.1) is 5.92 Å². The molecule has 0 radical (unpaired) electrons. The summed E-state index contributed by atoms with van der Waals surface area (Å²) >= 11 is 3.57. The molecule has 1 aliphatic rings. The van der Waals surface area contributed by atoms with Crippen molar-refractivity contribution in [2.45, 2.75) is 38.8 Å². The van der Waals surface area contributed by atoms with Crippen molar-refractivity contribution in [1.82, 2.24) is 4.98 Å². The molecule has 1 heterocycles. The number of hydrogen-bond acceptors (Lipinski definition) is 5. The predicted molar refractivity (Wildman–Crippen MR) is 113 cm³/mol. The van der Waals surface area contributed by atoms with E-state index >= 15 is 0 Å². The summed E-state index contributed by atoms with van der Waals surface area (Å²) < 4.78 is 12.2. The van der Waals surface area contributed by atoms with Crippen molar-refractivity contribution in [2.24, 2.45) is 5.92 Å². The lowest BCUT2D eigenvalue weighted by atomic mass is 10.1. The summed E-state index contributed by atoms with van der Waals surface area (Å²) in [6.07, 6.45) is 6.39. The number of pyridine rings is 1. The van der Waals surface area contributed by atoms with E-state index in [-0.39, 0.29) is 12.2 Å². The maximum atomic E-state index is 11.7. The first-order chi connectivity index (χ1) is 13.6. The SMILES string of the molecule is CCN(c1ccc(C(=O)OC)cn1)C(OCC1CCCC1)c1cccc(Br)c1. The number of carbonyl (C=O) groups is 1. The molecule has 1 unspecified atom stereocenters. The monoisotopic (exact) mass is 446 g/mol. The van der Waals surface area contributed by atoms with Gasteiger partial charge in [0.15, 0.2) is 6.23 Å². The number of rotatable bonds is 8. The third kappa shape index (κ3) is 5.11. The van der Waals surface area contributed by atoms with E-state index in [0.717, 1.165) is 29.0 Å². The molecule has 0 N–H and O–H groups in total. The Morgan fingerprint density at radius 3 is 2.68 bits per heavy atom. The van der Waals surface area contributed by atoms with Crippen molar-refractivity contribution in [3.8, 4) is 0 Å². The van der Waals surface area contributed by atoms with Crippen molar-refractivity contribution in [2.75, 3.05) is 25.2 Å². The Labute approximate surface area is 175 Å². The Morgan fingerprint density at radius 1 is 1.29 bits per heavy atom. The van der Waals surface area contributed by atoms with Gasteiger partial charge in [-0.15, -0.1) is 0 Å². The fourth-order valence-corrected chi connectivity index (χ4v) is 4.09. The van der Waals surface area contributed by atoms with E-state index in [2.05, 4.69) is 44.9 Å². The Kier molecular flexibility index (Phi) is 7.45. The first kappa shape index (κ1) is 20.8. The molecule has 6 heteroatoms. The lowest BCUT2D eigenvalue weighted by molar-refractivity contribution is 0.0270. The molecule has 0 bridgehead atoms. The zero-order valence-corrected chi connectivity index (χ0v) is 18.0. The molecule has 0 spiro atoms. The molecule has 1 aromatic carbocycles. The molecule has 1 atom stereocenters. The Balaban J connectivity index is 1.85. The van der Waals surface area contributed by atoms with E-state index in [0.29, 0.717) is 11.5 Å². The Bertz CT molecular complexity index is 776. The first-order valence-electron chi connectivity index (χ1n) is 9.80. The number of carbonyl (C=O) groups excluding carboxylic acids is 1. The van der Waals surface area contributed by atoms with Gasteiger partial charge in [-0.25, -0.2) is 9.78 Å². The lowest BCUT2D eigenvalue weighted by Crippen LogP contribution is -2.32. The number of aromatic nitrogens is 1. The molecule has 28 heavy (non-hydrogen) atoms. The number of halogens is 1. The van der Waals surface area contributed by atoms with E-state index < -0.39 is 0 Å². The number of esters is 1. The molecule has 0 aliphatic heterocycles. The smallest absolute Gasteiger partial charge is 0.339 e. The van der Waals surface area contributed by atoms with Crippen molar-refractivity contribution < 1.29 is 14.3 Å². The van der Waals surface area contributed by atoms with Crippen LogP contribution in [0.4, 0.5) is 5.82 Å². The van der Waals surface area contributed by atoms with Crippen molar-refractivity contribution in [3.05, 3.63) is 58.2 Å². The summed E-state index contributed by atoms with van der Waals surface area (Å²) in [5.41, 5.74) is 1.52. The van der Waals surface area contributed by atoms with Crippen LogP contribution in [0.15, 0.2) is 47.1 Å². The zero-order chi connectivity index (χ0) is 19.9. The summed E-state index contributed by atoms with van der Waals surface area (Å²) in [6.45, 7) is 3.56. The van der Waals surface area contributed by atoms with E-state index in [1.807, 2.05) is 18.2 Å². The molecule has 1 aliphatic carbocycles. The van der Waals surface area contributed by atoms with E-state index in [4.69, 9.17) is 9.47 Å². The number of ether oxygens (including phenoxy) is 2. The highest BCUT2D eigenvalue weighted by Crippen LogP contribution is 2.32. The average Bonchev–Trinajstić information content (AvgIpc) is 3.24. The second kappa shape index (κ2) is 10.0. The van der Waals surface area contributed by atoms with Gasteiger partial charge >= 0.3 is 5.97 Å². The van der Waals surface area contributed by atoms with Crippen LogP contribution >= 0.6 is 15.9 Å². The molecular formula is C22H27BrN2O3. The number of anilines is 1. The molecule has 5 nitrogen and oxygen atoms in total. The predicted octanol–water partition coefficient (Wildman–Crippen LogP) is 5.36. The lowest BCUT2D eigenvalue weighted by Gasteiger charge is -2.33. The van der Waals surface area contributed by atoms with Crippen molar-refractivity contribution in [3.63, 3.8) is 0 Å². The number of hydrogen-bond donors (Lipinski definition) is 0. The highest BCUT2D eigenvalue weighted by molar-refractivity contribution is 9.10. The molecule has 1 aromatic heterocycles. The van der Waals surface area contributed by atoms with Crippen LogP contribution in [-0.2, 0) is 9.47 Å². The second-order valence-corrected chi connectivity index (χ2v) is 7.99. The van der Waals surface area contributed by atoms with Crippen LogP contribution in [0.2, 0.25) is 0 Å². The van der Waals surface area contributed by atoms with Gasteiger partial charge in [-0.1, -0.05) is 40.9 Å². The van der Waals surface area contributed by atoms with Gasteiger partial charge in [0.1, 0.15) is 5.82 Å². The van der Waals surface area contributed by atoms with Crippen molar-refractivity contribution in [1.29, 1.82) is 0 Å². The summed E-state index contributed by atoms with van der Waals surface area (Å²) in [4.78, 5) is 18.3. The van der Waals surface area contributed by atoms with Crippen LogP contribution in [0.1, 0.15) is 54.8 Å². The van der Waals surface area contributed by atoms with E-state index in [1.54, 1.807) is 12.3 Å². The van der Waals surface area contributed by atoms with Gasteiger partial charge < -0.3 is 14.4 Å². The average molecular weight is 447 g/mol. The molecule has 1 fully saturated rings. The van der Waals surface area contributed by atoms with Gasteiger partial charge in [0.2, 0.25) is 0 Å². The highest BCUT2D eigenvalue weighted by Gasteiger charge is 2.24. The van der Waals surface area contributed by atoms with Gasteiger partial charge in [0.05, 0.1) is 19.3 Å². The van der Waals surface area contributed by atoms with Gasteiger partial charge in [-0.05, 0) is 49.9 Å². The molecule has 0 amide bonds. The molecule has 3 rings (SSSR count). The fourth-order valence-electron chi connectivity index (χ4n) is 3.67. The standard InChI is InChI=1S/C22H27BrN2O3/c1-3-25(20-12-11-18(14-24-20)22(26)27-2)21(17-9-6-10-19(23)13-17)28-15-16-7-4-5-8-16/h6,9-14,16,21H,3-5,7-8,15H2,1-2H3. The normalized spacial score (nSPS) is 15.4. The first-order valence-corrected chi connectivity index (χ1v) is 10.6. The van der Waals surface area contributed by atoms with E-state index in [9.17, 15) is 4.79 Å². The van der Waals surface area contributed by atoms with Crippen LogP contribution < -0.4 is 4.90 Å². The summed E-state index contributed by atoms with van der Waals surface area (Å²) in [5, 5.41) is 0. The topological polar surface area (TPSA) is 51.7 Å². The summed E-state index contributed by atoms with van der Waals surface area (Å²) in [5.74, 6) is 1.01. The van der Waals surface area contributed by atoms with Crippen molar-refractivity contribution >= 4 is 27.7 Å². The fraction of sp³-hybridized carbons (Fsp3) is 0.455. The second-order valence-electron chi connectivity index (χ2n) is 7.07. The molecule has 2 aromatic rings. The third-order valence-electron chi connectivity index (χ3n) is 5.19. The number of methoxy groups -OCH3 is 1. The van der Waals surface area contributed by atoms with Crippen LogP contribution in [0.5, 0.6) is 0 Å². The Morgan fingerprint density at radius 2 is 2.07 bits per heavy atom. The van der Waals surface area contributed by atoms with Crippen LogP contribution in [0.3, 0.4) is 0 Å². The summed E-state index contributed by atoms with van der Waals surface area (Å²) in [7, 11) is 1.37. The minimum Gasteiger partial charge on any atom is -0.465 e. The maximum Gasteiger partial charge on any atom is 0.339 e. The quantitative estimate of drug-likeness (QED) is 0.403. The van der Waals surface area contributed by atoms with Crippen LogP contribution in [0.25, 0.3) is 0 Å². The Hall–Kier alpha value is -1.92. The highest BCUT2D eigenvalue weighted by atomic mass is 79.9. The van der Waals surface area contributed by atoms with E-state index in [1.165, 1.54) is 32.8 Å². The van der Waals surface area contributed by atoms with Crippen LogP contribution in [-0.4, -0.2) is 31.2 Å². The van der Waals surface area contributed by atoms with Gasteiger partial charge in [0, 0.05) is 22.8 Å². The number of nitrogens with zero attached hydrogens (tertiary/aromatic N) is 2. The largest absolute Gasteiger partial charge is 0.465 e. The maximum absolute atomic E-state index is 11.7. The van der Waals surface area contributed by atoms with Gasteiger partial charge in [-0.3, -0.25) is 0 Å². The molecular weight excluding hydrogens is 420 g/mol. The molecule has 150 valence electrons. The van der Waals surface area contributed by atoms with Gasteiger partial charge in [0.25, 0.3) is 0 Å². The number of benzene rings is 1. The minimum atomic E-state index is -0.386. The molecule has 0 saturated heterocycles. The van der Waals surface area contributed by atoms with Gasteiger partial charge in [-0.2, -0.15) is 0 Å². The summed E-state index contributed by atoms with van der Waals surface area (Å²) in [6, 6.07) is 11.8. The third-order valence-corrected chi connectivity index (χ3v) is 5.68. The zero-order valence-electron chi connectivity index (χ0n) is 16.4. The minimum absolute atomic E-state index is 0.237.